The van der Waals surface area contributed by atoms with Gasteiger partial charge in [-0.2, -0.15) is 0 Å². The average Bonchev–Trinajstić information content (AvgIpc) is 2.92. The molecule has 8 heteroatoms. The number of piperidine rings is 1. The Labute approximate surface area is 139 Å². The normalized spacial score (nSPS) is 18.7. The SMILES string of the molecule is Cc1csc(Nc2nccnc2[C@H]2CCCN(CC(N)=O)C2)n1. The van der Waals surface area contributed by atoms with E-state index in [1.54, 1.807) is 23.7 Å². The van der Waals surface area contributed by atoms with Crippen LogP contribution in [0.3, 0.4) is 0 Å². The fourth-order valence-electron chi connectivity index (χ4n) is 2.90. The molecule has 1 aliphatic heterocycles. The lowest BCUT2D eigenvalue weighted by Crippen LogP contribution is -2.40. The van der Waals surface area contributed by atoms with Crippen LogP contribution in [-0.2, 0) is 4.79 Å². The first kappa shape index (κ1) is 15.8. The van der Waals surface area contributed by atoms with Gasteiger partial charge in [0.05, 0.1) is 17.9 Å². The summed E-state index contributed by atoms with van der Waals surface area (Å²) in [6.07, 6.45) is 5.43. The molecule has 2 aromatic rings. The second-order valence-electron chi connectivity index (χ2n) is 5.75. The standard InChI is InChI=1S/C15H20N6OS/c1-10-9-23-15(19-10)20-14-13(17-4-5-18-14)11-3-2-6-21(7-11)8-12(16)22/h4-5,9,11H,2-3,6-8H2,1H3,(H2,16,22)(H,18,19,20)/t11-/m0/s1. The van der Waals surface area contributed by atoms with Crippen LogP contribution < -0.4 is 11.1 Å². The molecule has 1 aliphatic rings. The minimum atomic E-state index is -0.290. The predicted molar refractivity (Wildman–Crippen MR) is 89.8 cm³/mol. The smallest absolute Gasteiger partial charge is 0.231 e. The molecule has 0 radical (unpaired) electrons. The number of nitrogens with zero attached hydrogens (tertiary/aromatic N) is 4. The largest absolute Gasteiger partial charge is 0.369 e. The zero-order chi connectivity index (χ0) is 16.2. The van der Waals surface area contributed by atoms with Crippen molar-refractivity contribution in [3.05, 3.63) is 29.2 Å². The van der Waals surface area contributed by atoms with Gasteiger partial charge in [0.1, 0.15) is 0 Å². The Hall–Kier alpha value is -2.06. The number of primary amides is 1. The van der Waals surface area contributed by atoms with Gasteiger partial charge in [-0.05, 0) is 26.3 Å². The van der Waals surface area contributed by atoms with Gasteiger partial charge in [-0.1, -0.05) is 0 Å². The van der Waals surface area contributed by atoms with Crippen LogP contribution in [0.15, 0.2) is 17.8 Å². The summed E-state index contributed by atoms with van der Waals surface area (Å²) in [5, 5.41) is 6.08. The number of aryl methyl sites for hydroxylation is 1. The lowest BCUT2D eigenvalue weighted by Gasteiger charge is -2.31. The van der Waals surface area contributed by atoms with Crippen LogP contribution >= 0.6 is 11.3 Å². The maximum atomic E-state index is 11.2. The molecule has 23 heavy (non-hydrogen) atoms. The van der Waals surface area contributed by atoms with Crippen molar-refractivity contribution >= 4 is 28.2 Å². The summed E-state index contributed by atoms with van der Waals surface area (Å²) < 4.78 is 0. The van der Waals surface area contributed by atoms with E-state index < -0.39 is 0 Å². The molecule has 2 aromatic heterocycles. The van der Waals surface area contributed by atoms with Gasteiger partial charge in [0.2, 0.25) is 5.91 Å². The Morgan fingerprint density at radius 2 is 2.30 bits per heavy atom. The quantitative estimate of drug-likeness (QED) is 0.864. The molecule has 1 atom stereocenters. The number of likely N-dealkylation sites (tertiary alicyclic amines) is 1. The van der Waals surface area contributed by atoms with Crippen molar-refractivity contribution < 1.29 is 4.79 Å². The first-order chi connectivity index (χ1) is 11.1. The molecule has 0 bridgehead atoms. The van der Waals surface area contributed by atoms with Crippen molar-refractivity contribution in [3.8, 4) is 0 Å². The average molecular weight is 332 g/mol. The first-order valence-corrected chi connectivity index (χ1v) is 8.50. The summed E-state index contributed by atoms with van der Waals surface area (Å²) in [6, 6.07) is 0. The van der Waals surface area contributed by atoms with E-state index in [0.29, 0.717) is 6.54 Å². The second-order valence-corrected chi connectivity index (χ2v) is 6.61. The first-order valence-electron chi connectivity index (χ1n) is 7.62. The monoisotopic (exact) mass is 332 g/mol. The van der Waals surface area contributed by atoms with Crippen molar-refractivity contribution in [1.29, 1.82) is 0 Å². The van der Waals surface area contributed by atoms with Gasteiger partial charge in [-0.25, -0.2) is 9.97 Å². The number of carbonyl (C=O) groups excluding carboxylic acids is 1. The zero-order valence-electron chi connectivity index (χ0n) is 13.0. The number of rotatable bonds is 5. The Morgan fingerprint density at radius 3 is 3.04 bits per heavy atom. The highest BCUT2D eigenvalue weighted by atomic mass is 32.1. The van der Waals surface area contributed by atoms with E-state index in [9.17, 15) is 4.79 Å². The van der Waals surface area contributed by atoms with E-state index in [1.807, 2.05) is 12.3 Å². The van der Waals surface area contributed by atoms with Gasteiger partial charge in [-0.15, -0.1) is 11.3 Å². The number of thiazole rings is 1. The van der Waals surface area contributed by atoms with E-state index >= 15 is 0 Å². The van der Waals surface area contributed by atoms with Crippen molar-refractivity contribution in [1.82, 2.24) is 19.9 Å². The van der Waals surface area contributed by atoms with Gasteiger partial charge in [-0.3, -0.25) is 14.7 Å². The molecule has 0 unspecified atom stereocenters. The number of amides is 1. The summed E-state index contributed by atoms with van der Waals surface area (Å²) in [4.78, 5) is 26.6. The number of nitrogens with two attached hydrogens (primary N) is 1. The molecule has 3 N–H and O–H groups in total. The molecule has 0 aromatic carbocycles. The molecule has 3 heterocycles. The summed E-state index contributed by atoms with van der Waals surface area (Å²) in [7, 11) is 0. The fraction of sp³-hybridized carbons (Fsp3) is 0.467. The van der Waals surface area contributed by atoms with Crippen molar-refractivity contribution in [3.63, 3.8) is 0 Å². The number of carbonyl (C=O) groups is 1. The second kappa shape index (κ2) is 7.01. The number of anilines is 2. The van der Waals surface area contributed by atoms with Crippen LogP contribution in [0, 0.1) is 6.92 Å². The number of nitrogens with one attached hydrogen (secondary N) is 1. The van der Waals surface area contributed by atoms with Crippen molar-refractivity contribution in [2.24, 2.45) is 5.73 Å². The molecular formula is C15H20N6OS. The molecule has 0 spiro atoms. The van der Waals surface area contributed by atoms with Crippen LogP contribution in [0.25, 0.3) is 0 Å². The van der Waals surface area contributed by atoms with E-state index in [1.165, 1.54) is 0 Å². The third kappa shape index (κ3) is 4.02. The molecular weight excluding hydrogens is 312 g/mol. The van der Waals surface area contributed by atoms with Crippen molar-refractivity contribution in [2.45, 2.75) is 25.7 Å². The third-order valence-electron chi connectivity index (χ3n) is 3.84. The minimum absolute atomic E-state index is 0.236. The summed E-state index contributed by atoms with van der Waals surface area (Å²) in [5.41, 5.74) is 7.22. The van der Waals surface area contributed by atoms with Crippen LogP contribution in [-0.4, -0.2) is 45.4 Å². The molecule has 0 aliphatic carbocycles. The van der Waals surface area contributed by atoms with Gasteiger partial charge in [0, 0.05) is 30.2 Å². The Balaban J connectivity index is 1.78. The summed E-state index contributed by atoms with van der Waals surface area (Å²) in [5.74, 6) is 0.689. The van der Waals surface area contributed by atoms with E-state index in [0.717, 1.165) is 48.3 Å². The zero-order valence-corrected chi connectivity index (χ0v) is 13.8. The molecule has 7 nitrogen and oxygen atoms in total. The van der Waals surface area contributed by atoms with Crippen LogP contribution in [0.5, 0.6) is 0 Å². The lowest BCUT2D eigenvalue weighted by atomic mass is 9.94. The summed E-state index contributed by atoms with van der Waals surface area (Å²) >= 11 is 1.55. The van der Waals surface area contributed by atoms with Gasteiger partial charge < -0.3 is 11.1 Å². The lowest BCUT2D eigenvalue weighted by molar-refractivity contribution is -0.119. The molecule has 1 amide bonds. The number of hydrogen-bond acceptors (Lipinski definition) is 7. The maximum absolute atomic E-state index is 11.2. The van der Waals surface area contributed by atoms with Gasteiger partial charge in [0.15, 0.2) is 10.9 Å². The molecule has 0 saturated carbocycles. The topological polar surface area (TPSA) is 97.0 Å². The van der Waals surface area contributed by atoms with Crippen molar-refractivity contribution in [2.75, 3.05) is 25.0 Å². The van der Waals surface area contributed by atoms with Crippen LogP contribution in [0.1, 0.15) is 30.1 Å². The molecule has 1 saturated heterocycles. The predicted octanol–water partition coefficient (Wildman–Crippen LogP) is 1.65. The summed E-state index contributed by atoms with van der Waals surface area (Å²) in [6.45, 7) is 3.93. The van der Waals surface area contributed by atoms with Gasteiger partial charge >= 0.3 is 0 Å². The maximum Gasteiger partial charge on any atom is 0.231 e. The Morgan fingerprint density at radius 1 is 1.48 bits per heavy atom. The Kier molecular flexibility index (Phi) is 4.82. The van der Waals surface area contributed by atoms with E-state index in [-0.39, 0.29) is 11.8 Å². The molecule has 3 rings (SSSR count). The highest BCUT2D eigenvalue weighted by Crippen LogP contribution is 2.31. The Bertz CT molecular complexity index is 688. The molecule has 1 fully saturated rings. The number of aromatic nitrogens is 3. The van der Waals surface area contributed by atoms with Gasteiger partial charge in [0.25, 0.3) is 0 Å². The van der Waals surface area contributed by atoms with Crippen LogP contribution in [0.2, 0.25) is 0 Å². The van der Waals surface area contributed by atoms with E-state index in [2.05, 4.69) is 25.2 Å². The highest BCUT2D eigenvalue weighted by molar-refractivity contribution is 7.13. The third-order valence-corrected chi connectivity index (χ3v) is 4.72. The molecule has 122 valence electrons. The van der Waals surface area contributed by atoms with Crippen LogP contribution in [0.4, 0.5) is 10.9 Å². The minimum Gasteiger partial charge on any atom is -0.369 e. The highest BCUT2D eigenvalue weighted by Gasteiger charge is 2.26. The fourth-order valence-corrected chi connectivity index (χ4v) is 3.59. The number of hydrogen-bond donors (Lipinski definition) is 2. The van der Waals surface area contributed by atoms with E-state index in [4.69, 9.17) is 5.73 Å².